The Morgan fingerprint density at radius 3 is 2.50 bits per heavy atom. The molecule has 0 spiro atoms. The van der Waals surface area contributed by atoms with Crippen LogP contribution in [0.4, 0.5) is 0 Å². The topological polar surface area (TPSA) is 50.1 Å². The van der Waals surface area contributed by atoms with Gasteiger partial charge in [-0.3, -0.25) is 4.79 Å². The largest absolute Gasteiger partial charge is 0.377 e. The van der Waals surface area contributed by atoms with Gasteiger partial charge in [-0.2, -0.15) is 0 Å². The third-order valence-corrected chi connectivity index (χ3v) is 0.770. The van der Waals surface area contributed by atoms with Crippen molar-refractivity contribution in [3.63, 3.8) is 0 Å². The molecule has 0 aromatic heterocycles. The van der Waals surface area contributed by atoms with Gasteiger partial charge in [-0.15, -0.1) is 0 Å². The Balaban J connectivity index is 3.33. The molecule has 0 aromatic carbocycles. The monoisotopic (exact) mass is 116 g/mol. The Hall–Kier alpha value is -0.410. The van der Waals surface area contributed by atoms with Gasteiger partial charge in [0.2, 0.25) is 0 Å². The third kappa shape index (κ3) is 2.71. The number of ether oxygens (including phenoxy) is 1. The van der Waals surface area contributed by atoms with Crippen molar-refractivity contribution in [2.45, 2.75) is 13.0 Å². The van der Waals surface area contributed by atoms with Crippen molar-refractivity contribution >= 4 is 5.78 Å². The average Bonchev–Trinajstić information content (AvgIpc) is 1.67. The minimum atomic E-state index is -0.644. The quantitative estimate of drug-likeness (QED) is 0.516. The minimum absolute atomic E-state index is 0.0602. The zero-order chi connectivity index (χ0) is 6.57. The van der Waals surface area contributed by atoms with Gasteiger partial charge >= 0.3 is 0 Å². The Labute approximate surface area is 48.8 Å². The molecule has 1 atom stereocenters. The number of nitrogens with one attached hydrogen (secondary N) is 1. The number of carbonyl (C=O) groups excluding carboxylic acids is 1. The fraction of sp³-hybridized carbons (Fsp3) is 0.800. The van der Waals surface area contributed by atoms with Crippen LogP contribution in [-0.4, -0.2) is 25.5 Å². The maximum atomic E-state index is 10.4. The summed E-state index contributed by atoms with van der Waals surface area (Å²) >= 11 is 0. The van der Waals surface area contributed by atoms with Crippen LogP contribution in [0.1, 0.15) is 6.92 Å². The molecule has 0 rings (SSSR count). The van der Waals surface area contributed by atoms with Gasteiger partial charge in [0.1, 0.15) is 6.61 Å². The van der Waals surface area contributed by atoms with Crippen molar-refractivity contribution in [2.24, 2.45) is 0 Å². The average molecular weight is 116 g/mol. The van der Waals surface area contributed by atoms with Crippen molar-refractivity contribution in [3.8, 4) is 0 Å². The molecule has 3 nitrogen and oxygen atoms in total. The fourth-order valence-corrected chi connectivity index (χ4v) is 0.267. The van der Waals surface area contributed by atoms with Gasteiger partial charge in [-0.25, -0.2) is 5.73 Å². The summed E-state index contributed by atoms with van der Waals surface area (Å²) in [4.78, 5) is 10.4. The summed E-state index contributed by atoms with van der Waals surface area (Å²) in [6.07, 6.45) is 0. The molecular weight excluding hydrogens is 106 g/mol. The lowest BCUT2D eigenvalue weighted by molar-refractivity contribution is -0.123. The molecule has 8 heavy (non-hydrogen) atoms. The van der Waals surface area contributed by atoms with E-state index < -0.39 is 6.04 Å². The Morgan fingerprint density at radius 2 is 2.38 bits per heavy atom. The molecule has 0 heterocycles. The molecule has 0 saturated heterocycles. The molecule has 1 unspecified atom stereocenters. The summed E-state index contributed by atoms with van der Waals surface area (Å²) < 4.78 is 4.50. The second-order valence-corrected chi connectivity index (χ2v) is 1.62. The van der Waals surface area contributed by atoms with Crippen molar-refractivity contribution in [1.82, 2.24) is 5.73 Å². The molecular formula is C5H10NO2. The number of hydrogen-bond donors (Lipinski definition) is 0. The van der Waals surface area contributed by atoms with E-state index in [9.17, 15) is 4.79 Å². The van der Waals surface area contributed by atoms with E-state index >= 15 is 0 Å². The molecule has 47 valence electrons. The zero-order valence-corrected chi connectivity index (χ0v) is 5.10. The lowest BCUT2D eigenvalue weighted by Gasteiger charge is -1.98. The number of methoxy groups -OCH3 is 1. The summed E-state index contributed by atoms with van der Waals surface area (Å²) in [6.45, 7) is 1.59. The molecule has 1 N–H and O–H groups in total. The lowest BCUT2D eigenvalue weighted by Crippen LogP contribution is -2.22. The van der Waals surface area contributed by atoms with Crippen LogP contribution >= 0.6 is 0 Å². The SMILES string of the molecule is COCC(=O)C(C)[NH]. The van der Waals surface area contributed by atoms with Crippen LogP contribution in [0.2, 0.25) is 0 Å². The van der Waals surface area contributed by atoms with Crippen LogP contribution in [0.5, 0.6) is 0 Å². The predicted octanol–water partition coefficient (Wildman–Crippen LogP) is -0.127. The molecule has 0 bridgehead atoms. The first kappa shape index (κ1) is 7.59. The molecule has 0 saturated carbocycles. The highest BCUT2D eigenvalue weighted by Crippen LogP contribution is 1.80. The van der Waals surface area contributed by atoms with E-state index in [0.29, 0.717) is 0 Å². The summed E-state index contributed by atoms with van der Waals surface area (Å²) in [5.41, 5.74) is 6.86. The number of Topliss-reactive ketones (excluding diaryl/α,β-unsaturated/α-hetero) is 1. The Morgan fingerprint density at radius 1 is 1.88 bits per heavy atom. The fourth-order valence-electron chi connectivity index (χ4n) is 0.267. The van der Waals surface area contributed by atoms with Gasteiger partial charge in [0.15, 0.2) is 5.78 Å². The van der Waals surface area contributed by atoms with Gasteiger partial charge < -0.3 is 4.74 Å². The molecule has 0 aromatic rings. The van der Waals surface area contributed by atoms with Gasteiger partial charge in [0.05, 0.1) is 6.04 Å². The third-order valence-electron chi connectivity index (χ3n) is 0.770. The standard InChI is InChI=1S/C5H10NO2/c1-4(6)5(7)3-8-2/h4,6H,3H2,1-2H3. The number of carbonyl (C=O) groups is 1. The van der Waals surface area contributed by atoms with E-state index in [1.807, 2.05) is 0 Å². The first-order valence-corrected chi connectivity index (χ1v) is 2.41. The summed E-state index contributed by atoms with van der Waals surface area (Å²) in [5, 5.41) is 0. The second kappa shape index (κ2) is 3.57. The lowest BCUT2D eigenvalue weighted by atomic mass is 10.2. The van der Waals surface area contributed by atoms with E-state index in [2.05, 4.69) is 4.74 Å². The predicted molar refractivity (Wildman–Crippen MR) is 29.4 cm³/mol. The van der Waals surface area contributed by atoms with Crippen molar-refractivity contribution in [1.29, 1.82) is 0 Å². The van der Waals surface area contributed by atoms with Gasteiger partial charge in [-0.05, 0) is 6.92 Å². The highest BCUT2D eigenvalue weighted by atomic mass is 16.5. The smallest absolute Gasteiger partial charge is 0.176 e. The van der Waals surface area contributed by atoms with E-state index in [1.165, 1.54) is 14.0 Å². The number of rotatable bonds is 3. The van der Waals surface area contributed by atoms with Gasteiger partial charge in [-0.1, -0.05) is 0 Å². The van der Waals surface area contributed by atoms with E-state index in [-0.39, 0.29) is 12.4 Å². The molecule has 0 amide bonds. The summed E-state index contributed by atoms with van der Waals surface area (Å²) in [5.74, 6) is -0.174. The van der Waals surface area contributed by atoms with Crippen molar-refractivity contribution in [3.05, 3.63) is 0 Å². The van der Waals surface area contributed by atoms with Crippen LogP contribution in [-0.2, 0) is 9.53 Å². The molecule has 0 aliphatic heterocycles. The normalized spacial score (nSPS) is 13.4. The second-order valence-electron chi connectivity index (χ2n) is 1.62. The van der Waals surface area contributed by atoms with Crippen LogP contribution in [0.25, 0.3) is 0 Å². The molecule has 1 radical (unpaired) electrons. The number of ketones is 1. The molecule has 3 heteroatoms. The molecule has 0 fully saturated rings. The first-order valence-electron chi connectivity index (χ1n) is 2.41. The minimum Gasteiger partial charge on any atom is -0.377 e. The maximum Gasteiger partial charge on any atom is 0.176 e. The first-order chi connectivity index (χ1) is 3.68. The van der Waals surface area contributed by atoms with E-state index in [4.69, 9.17) is 5.73 Å². The maximum absolute atomic E-state index is 10.4. The van der Waals surface area contributed by atoms with E-state index in [0.717, 1.165) is 0 Å². The van der Waals surface area contributed by atoms with Gasteiger partial charge in [0.25, 0.3) is 0 Å². The van der Waals surface area contributed by atoms with Crippen LogP contribution in [0, 0.1) is 0 Å². The van der Waals surface area contributed by atoms with Gasteiger partial charge in [0, 0.05) is 7.11 Å². The summed E-state index contributed by atoms with van der Waals surface area (Å²) in [7, 11) is 1.44. The Kier molecular flexibility index (Phi) is 3.39. The van der Waals surface area contributed by atoms with Crippen molar-refractivity contribution < 1.29 is 9.53 Å². The van der Waals surface area contributed by atoms with Crippen molar-refractivity contribution in [2.75, 3.05) is 13.7 Å². The molecule has 0 aliphatic carbocycles. The highest BCUT2D eigenvalue weighted by Gasteiger charge is 2.05. The zero-order valence-electron chi connectivity index (χ0n) is 5.10. The summed E-state index contributed by atoms with van der Waals surface area (Å²) in [6, 6.07) is -0.644. The van der Waals surface area contributed by atoms with Crippen LogP contribution in [0.3, 0.4) is 0 Å². The molecule has 0 aliphatic rings. The van der Waals surface area contributed by atoms with E-state index in [1.54, 1.807) is 0 Å². The Bertz CT molecular complexity index is 80.5. The highest BCUT2D eigenvalue weighted by molar-refractivity contribution is 5.84. The van der Waals surface area contributed by atoms with Crippen LogP contribution in [0.15, 0.2) is 0 Å². The van der Waals surface area contributed by atoms with Crippen LogP contribution < -0.4 is 5.73 Å². The number of hydrogen-bond acceptors (Lipinski definition) is 2.